The number of anilines is 1. The number of halogens is 1. The van der Waals surface area contributed by atoms with Gasteiger partial charge in [-0.05, 0) is 55.7 Å². The van der Waals surface area contributed by atoms with Gasteiger partial charge in [0.25, 0.3) is 15.7 Å². The molecule has 4 aromatic rings. The van der Waals surface area contributed by atoms with Crippen LogP contribution in [0, 0.1) is 24.0 Å². The van der Waals surface area contributed by atoms with E-state index in [-0.39, 0.29) is 40.9 Å². The van der Waals surface area contributed by atoms with Crippen molar-refractivity contribution in [2.45, 2.75) is 57.5 Å². The van der Waals surface area contributed by atoms with Crippen LogP contribution in [0.2, 0.25) is 5.02 Å². The number of amides is 2. The molecule has 11 nitrogen and oxygen atoms in total. The molecule has 0 heterocycles. The number of benzene rings is 4. The van der Waals surface area contributed by atoms with Crippen LogP contribution in [-0.4, -0.2) is 56.3 Å². The first-order chi connectivity index (χ1) is 23.8. The van der Waals surface area contributed by atoms with E-state index in [2.05, 4.69) is 5.32 Å². The van der Waals surface area contributed by atoms with Crippen LogP contribution in [0.4, 0.5) is 11.4 Å². The van der Waals surface area contributed by atoms with Crippen LogP contribution < -0.4 is 14.4 Å². The molecule has 13 heteroatoms. The van der Waals surface area contributed by atoms with E-state index in [1.807, 2.05) is 68.4 Å². The topological polar surface area (TPSA) is 139 Å². The van der Waals surface area contributed by atoms with Crippen molar-refractivity contribution in [1.82, 2.24) is 10.2 Å². The number of ether oxygens (including phenoxy) is 1. The zero-order valence-corrected chi connectivity index (χ0v) is 30.0. The maximum absolute atomic E-state index is 14.7. The molecule has 2 amide bonds. The molecule has 264 valence electrons. The van der Waals surface area contributed by atoms with Crippen LogP contribution in [0.1, 0.15) is 42.0 Å². The number of nitrogens with one attached hydrogen (secondary N) is 1. The predicted octanol–water partition coefficient (Wildman–Crippen LogP) is 6.63. The van der Waals surface area contributed by atoms with E-state index < -0.39 is 44.0 Å². The first-order valence-electron chi connectivity index (χ1n) is 16.1. The van der Waals surface area contributed by atoms with Gasteiger partial charge in [0.05, 0.1) is 22.6 Å². The Morgan fingerprint density at radius 3 is 2.30 bits per heavy atom. The minimum atomic E-state index is -4.66. The first-order valence-corrected chi connectivity index (χ1v) is 18.0. The monoisotopic (exact) mass is 720 g/mol. The highest BCUT2D eigenvalue weighted by molar-refractivity contribution is 7.92. The fourth-order valence-electron chi connectivity index (χ4n) is 5.40. The van der Waals surface area contributed by atoms with E-state index in [9.17, 15) is 28.1 Å². The molecule has 0 fully saturated rings. The van der Waals surface area contributed by atoms with Crippen molar-refractivity contribution in [3.05, 3.63) is 128 Å². The van der Waals surface area contributed by atoms with Gasteiger partial charge in [-0.15, -0.1) is 0 Å². The minimum Gasteiger partial charge on any atom is -0.495 e. The summed E-state index contributed by atoms with van der Waals surface area (Å²) in [5, 5.41) is 14.9. The molecule has 1 atom stereocenters. The summed E-state index contributed by atoms with van der Waals surface area (Å²) in [5.41, 5.74) is 2.34. The second-order valence-corrected chi connectivity index (χ2v) is 14.2. The second-order valence-electron chi connectivity index (χ2n) is 11.9. The van der Waals surface area contributed by atoms with E-state index >= 15 is 0 Å². The molecule has 0 aliphatic heterocycles. The Kier molecular flexibility index (Phi) is 13.0. The van der Waals surface area contributed by atoms with Crippen LogP contribution in [0.15, 0.2) is 95.9 Å². The van der Waals surface area contributed by atoms with Crippen LogP contribution in [-0.2, 0) is 32.6 Å². The third-order valence-electron chi connectivity index (χ3n) is 8.23. The Hall–Kier alpha value is -4.94. The van der Waals surface area contributed by atoms with Gasteiger partial charge < -0.3 is 15.0 Å². The first kappa shape index (κ1) is 37.9. The zero-order chi connectivity index (χ0) is 36.4. The molecule has 0 radical (unpaired) electrons. The molecule has 0 saturated carbocycles. The van der Waals surface area contributed by atoms with E-state index in [1.54, 1.807) is 0 Å². The van der Waals surface area contributed by atoms with E-state index in [1.165, 1.54) is 49.3 Å². The normalized spacial score (nSPS) is 11.8. The summed E-state index contributed by atoms with van der Waals surface area (Å²) in [7, 11) is -3.32. The summed E-state index contributed by atoms with van der Waals surface area (Å²) in [6, 6.07) is 23.6. The number of hydrogen-bond acceptors (Lipinski definition) is 7. The number of nitrogens with zero attached hydrogens (tertiary/aromatic N) is 3. The number of methoxy groups -OCH3 is 1. The van der Waals surface area contributed by atoms with Crippen molar-refractivity contribution in [2.24, 2.45) is 0 Å². The van der Waals surface area contributed by atoms with Crippen molar-refractivity contribution < 1.29 is 27.7 Å². The Balaban J connectivity index is 1.87. The third-order valence-corrected chi connectivity index (χ3v) is 10.2. The molecular formula is C37H41ClN4O7S. The lowest BCUT2D eigenvalue weighted by Gasteiger charge is -2.34. The summed E-state index contributed by atoms with van der Waals surface area (Å²) < 4.78 is 35.3. The molecule has 1 N–H and O–H groups in total. The molecule has 0 spiro atoms. The largest absolute Gasteiger partial charge is 0.495 e. The van der Waals surface area contributed by atoms with Gasteiger partial charge >= 0.3 is 0 Å². The molecule has 4 rings (SSSR count). The van der Waals surface area contributed by atoms with Crippen molar-refractivity contribution in [3.63, 3.8) is 0 Å². The number of rotatable bonds is 16. The highest BCUT2D eigenvalue weighted by atomic mass is 35.5. The average Bonchev–Trinajstić information content (AvgIpc) is 3.09. The molecular weight excluding hydrogens is 680 g/mol. The third kappa shape index (κ3) is 9.39. The highest BCUT2D eigenvalue weighted by Crippen LogP contribution is 2.36. The van der Waals surface area contributed by atoms with Gasteiger partial charge in [0.2, 0.25) is 11.8 Å². The van der Waals surface area contributed by atoms with Gasteiger partial charge in [-0.3, -0.25) is 24.0 Å². The van der Waals surface area contributed by atoms with Crippen LogP contribution in [0.3, 0.4) is 0 Å². The molecule has 0 aromatic heterocycles. The van der Waals surface area contributed by atoms with Crippen LogP contribution >= 0.6 is 11.6 Å². The molecule has 4 aromatic carbocycles. The SMILES string of the molecule is CCCCNC(=O)[C@H](Cc1ccccc1)N(Cc1ccc(C)cc1)C(=O)CN(c1cc(Cl)ccc1OC)S(=O)(=O)c1ccc(C)c([N+](=O)[O-])c1. The molecule has 50 heavy (non-hydrogen) atoms. The van der Waals surface area contributed by atoms with E-state index in [0.717, 1.165) is 39.9 Å². The number of aryl methyl sites for hydroxylation is 2. The van der Waals surface area contributed by atoms with Gasteiger partial charge in [-0.25, -0.2) is 8.42 Å². The number of hydrogen-bond donors (Lipinski definition) is 1. The van der Waals surface area contributed by atoms with Crippen molar-refractivity contribution in [3.8, 4) is 5.75 Å². The Morgan fingerprint density at radius 2 is 1.66 bits per heavy atom. The Labute approximate surface area is 298 Å². The van der Waals surface area contributed by atoms with Crippen molar-refractivity contribution in [2.75, 3.05) is 24.5 Å². The van der Waals surface area contributed by atoms with E-state index in [0.29, 0.717) is 6.54 Å². The summed E-state index contributed by atoms with van der Waals surface area (Å²) in [6.07, 6.45) is 1.74. The van der Waals surface area contributed by atoms with Gasteiger partial charge in [-0.2, -0.15) is 0 Å². The molecule has 0 unspecified atom stereocenters. The van der Waals surface area contributed by atoms with Crippen LogP contribution in [0.5, 0.6) is 5.75 Å². The lowest BCUT2D eigenvalue weighted by Crippen LogP contribution is -2.53. The smallest absolute Gasteiger partial charge is 0.273 e. The summed E-state index contributed by atoms with van der Waals surface area (Å²) in [5.74, 6) is -0.980. The lowest BCUT2D eigenvalue weighted by molar-refractivity contribution is -0.385. The quantitative estimate of drug-likeness (QED) is 0.0779. The average molecular weight is 721 g/mol. The number of unbranched alkanes of at least 4 members (excludes halogenated alkanes) is 1. The standard InChI is InChI=1S/C37H41ClN4O7S/c1-5-6-20-39-37(44)34(21-28-10-8-7-9-11-28)40(24-29-15-12-26(2)13-16-29)36(43)25-41(33-22-30(38)17-19-35(33)49-4)50(47,48)31-18-14-27(3)32(23-31)42(45)46/h7-19,22-23,34H,5-6,20-21,24-25H2,1-4H3,(H,39,44)/t34-/m0/s1. The fraction of sp³-hybridized carbons (Fsp3) is 0.297. The minimum absolute atomic E-state index is 0.00557. The highest BCUT2D eigenvalue weighted by Gasteiger charge is 2.36. The van der Waals surface area contributed by atoms with Crippen molar-refractivity contribution in [1.29, 1.82) is 0 Å². The summed E-state index contributed by atoms with van der Waals surface area (Å²) in [6.45, 7) is 5.05. The number of carbonyl (C=O) groups excluding carboxylic acids is 2. The van der Waals surface area contributed by atoms with Crippen molar-refractivity contribution >= 4 is 44.8 Å². The molecule has 0 aliphatic carbocycles. The number of sulfonamides is 1. The fourth-order valence-corrected chi connectivity index (χ4v) is 7.00. The molecule has 0 aliphatic rings. The predicted molar refractivity (Wildman–Crippen MR) is 194 cm³/mol. The zero-order valence-electron chi connectivity index (χ0n) is 28.5. The number of carbonyl (C=O) groups is 2. The van der Waals surface area contributed by atoms with Gasteiger partial charge in [0.1, 0.15) is 18.3 Å². The molecule has 0 saturated heterocycles. The van der Waals surface area contributed by atoms with Gasteiger partial charge in [0, 0.05) is 36.2 Å². The summed E-state index contributed by atoms with van der Waals surface area (Å²) >= 11 is 6.35. The lowest BCUT2D eigenvalue weighted by atomic mass is 10.0. The van der Waals surface area contributed by atoms with Crippen LogP contribution in [0.25, 0.3) is 0 Å². The van der Waals surface area contributed by atoms with E-state index in [4.69, 9.17) is 16.3 Å². The maximum atomic E-state index is 14.7. The number of nitro benzene ring substituents is 1. The van der Waals surface area contributed by atoms with Gasteiger partial charge in [-0.1, -0.05) is 91.2 Å². The Bertz CT molecular complexity index is 1920. The second kappa shape index (κ2) is 17.1. The summed E-state index contributed by atoms with van der Waals surface area (Å²) in [4.78, 5) is 40.7. The Morgan fingerprint density at radius 1 is 0.960 bits per heavy atom. The maximum Gasteiger partial charge on any atom is 0.273 e. The molecule has 0 bridgehead atoms. The van der Waals surface area contributed by atoms with Gasteiger partial charge in [0.15, 0.2) is 0 Å². The number of nitro groups is 1.